The van der Waals surface area contributed by atoms with Crippen LogP contribution in [0.15, 0.2) is 36.5 Å². The first-order valence-electron chi connectivity index (χ1n) is 7.44. The van der Waals surface area contributed by atoms with Crippen molar-refractivity contribution in [3.05, 3.63) is 47.8 Å². The number of anilines is 2. The van der Waals surface area contributed by atoms with Crippen molar-refractivity contribution < 1.29 is 0 Å². The van der Waals surface area contributed by atoms with Crippen molar-refractivity contribution in [3.8, 4) is 0 Å². The first-order chi connectivity index (χ1) is 9.74. The van der Waals surface area contributed by atoms with Crippen molar-refractivity contribution in [1.29, 1.82) is 0 Å². The molecule has 1 aliphatic rings. The molecule has 1 aliphatic heterocycles. The number of aryl methyl sites for hydroxylation is 2. The topological polar surface area (TPSA) is 20.2 Å². The molecule has 1 fully saturated rings. The lowest BCUT2D eigenvalue weighted by Gasteiger charge is -2.19. The lowest BCUT2D eigenvalue weighted by Crippen LogP contribution is -2.17. The molecule has 0 unspecified atom stereocenters. The zero-order chi connectivity index (χ0) is 13.9. The van der Waals surface area contributed by atoms with Gasteiger partial charge in [-0.2, -0.15) is 0 Å². The largest absolute Gasteiger partial charge is 0.379 e. The van der Waals surface area contributed by atoms with Crippen molar-refractivity contribution in [1.82, 2.24) is 4.57 Å². The molecular weight excluding hydrogens is 246 g/mol. The maximum atomic E-state index is 3.53. The third-order valence-corrected chi connectivity index (χ3v) is 4.19. The lowest BCUT2D eigenvalue weighted by atomic mass is 10.1. The van der Waals surface area contributed by atoms with Gasteiger partial charge in [-0.05, 0) is 55.7 Å². The molecular formula is C17H23N3. The van der Waals surface area contributed by atoms with Crippen LogP contribution in [0.4, 0.5) is 11.4 Å². The highest BCUT2D eigenvalue weighted by Crippen LogP contribution is 2.25. The third-order valence-electron chi connectivity index (χ3n) is 4.19. The third kappa shape index (κ3) is 2.67. The van der Waals surface area contributed by atoms with Gasteiger partial charge in [0.15, 0.2) is 0 Å². The fraction of sp³-hybridized carbons (Fsp3) is 0.412. The van der Waals surface area contributed by atoms with Gasteiger partial charge < -0.3 is 14.8 Å². The van der Waals surface area contributed by atoms with Gasteiger partial charge in [-0.15, -0.1) is 0 Å². The van der Waals surface area contributed by atoms with E-state index >= 15 is 0 Å². The summed E-state index contributed by atoms with van der Waals surface area (Å²) in [5.74, 6) is 0. The maximum Gasteiger partial charge on any atom is 0.0553 e. The quantitative estimate of drug-likeness (QED) is 0.916. The Hall–Kier alpha value is -1.90. The van der Waals surface area contributed by atoms with Gasteiger partial charge in [0.25, 0.3) is 0 Å². The molecule has 1 saturated heterocycles. The Bertz CT molecular complexity index is 580. The van der Waals surface area contributed by atoms with Crippen LogP contribution in [0.3, 0.4) is 0 Å². The maximum absolute atomic E-state index is 3.53. The number of benzene rings is 1. The van der Waals surface area contributed by atoms with Crippen LogP contribution >= 0.6 is 0 Å². The van der Waals surface area contributed by atoms with Gasteiger partial charge in [-0.1, -0.05) is 0 Å². The van der Waals surface area contributed by atoms with Crippen molar-refractivity contribution >= 4 is 11.4 Å². The molecule has 0 radical (unpaired) electrons. The van der Waals surface area contributed by atoms with Crippen LogP contribution in [0.5, 0.6) is 0 Å². The summed E-state index contributed by atoms with van der Waals surface area (Å²) in [6, 6.07) is 11.0. The zero-order valence-electron chi connectivity index (χ0n) is 12.4. The summed E-state index contributed by atoms with van der Waals surface area (Å²) >= 11 is 0. The van der Waals surface area contributed by atoms with E-state index in [9.17, 15) is 0 Å². The molecule has 0 spiro atoms. The predicted molar refractivity (Wildman–Crippen MR) is 85.4 cm³/mol. The number of rotatable bonds is 4. The van der Waals surface area contributed by atoms with Crippen LogP contribution in [0, 0.1) is 6.92 Å². The van der Waals surface area contributed by atoms with Gasteiger partial charge in [-0.25, -0.2) is 0 Å². The second-order valence-corrected chi connectivity index (χ2v) is 5.66. The highest BCUT2D eigenvalue weighted by molar-refractivity contribution is 5.60. The van der Waals surface area contributed by atoms with Crippen LogP contribution in [0.2, 0.25) is 0 Å². The molecule has 0 amide bonds. The average Bonchev–Trinajstić information content (AvgIpc) is 3.09. The van der Waals surface area contributed by atoms with Gasteiger partial charge in [-0.3, -0.25) is 0 Å². The van der Waals surface area contributed by atoms with Crippen LogP contribution < -0.4 is 10.2 Å². The van der Waals surface area contributed by atoms with Gasteiger partial charge in [0.2, 0.25) is 0 Å². The Morgan fingerprint density at radius 2 is 1.95 bits per heavy atom. The fourth-order valence-electron chi connectivity index (χ4n) is 2.88. The number of hydrogen-bond acceptors (Lipinski definition) is 2. The molecule has 1 aromatic heterocycles. The second-order valence-electron chi connectivity index (χ2n) is 5.66. The molecule has 106 valence electrons. The average molecular weight is 269 g/mol. The minimum atomic E-state index is 0.868. The Morgan fingerprint density at radius 3 is 2.60 bits per heavy atom. The molecule has 0 atom stereocenters. The summed E-state index contributed by atoms with van der Waals surface area (Å²) in [5, 5.41) is 3.53. The van der Waals surface area contributed by atoms with Gasteiger partial charge in [0.1, 0.15) is 0 Å². The Labute approximate surface area is 121 Å². The second kappa shape index (κ2) is 5.61. The van der Waals surface area contributed by atoms with Crippen molar-refractivity contribution in [2.75, 3.05) is 23.3 Å². The Kier molecular flexibility index (Phi) is 3.68. The number of aromatic nitrogens is 1. The number of hydrogen-bond donors (Lipinski definition) is 1. The van der Waals surface area contributed by atoms with Gasteiger partial charge in [0, 0.05) is 43.4 Å². The molecule has 0 bridgehead atoms. The van der Waals surface area contributed by atoms with E-state index in [0.717, 1.165) is 6.54 Å². The van der Waals surface area contributed by atoms with E-state index in [0.29, 0.717) is 0 Å². The van der Waals surface area contributed by atoms with Crippen molar-refractivity contribution in [2.24, 2.45) is 7.05 Å². The lowest BCUT2D eigenvalue weighted by molar-refractivity contribution is 0.842. The minimum Gasteiger partial charge on any atom is -0.379 e. The fourth-order valence-corrected chi connectivity index (χ4v) is 2.88. The monoisotopic (exact) mass is 269 g/mol. The molecule has 20 heavy (non-hydrogen) atoms. The van der Waals surface area contributed by atoms with Crippen molar-refractivity contribution in [3.63, 3.8) is 0 Å². The Balaban J connectivity index is 1.69. The molecule has 1 N–H and O–H groups in total. The predicted octanol–water partition coefficient (Wildman–Crippen LogP) is 3.55. The zero-order valence-corrected chi connectivity index (χ0v) is 12.4. The summed E-state index contributed by atoms with van der Waals surface area (Å²) in [6.07, 6.45) is 4.74. The van der Waals surface area contributed by atoms with E-state index in [1.807, 2.05) is 0 Å². The molecule has 2 heterocycles. The summed E-state index contributed by atoms with van der Waals surface area (Å²) in [4.78, 5) is 2.48. The smallest absolute Gasteiger partial charge is 0.0553 e. The Morgan fingerprint density at radius 1 is 1.15 bits per heavy atom. The molecule has 2 aromatic rings. The van der Waals surface area contributed by atoms with E-state index in [2.05, 4.69) is 65.3 Å². The normalized spacial score (nSPS) is 14.8. The summed E-state index contributed by atoms with van der Waals surface area (Å²) < 4.78 is 2.15. The molecule has 0 aliphatic carbocycles. The van der Waals surface area contributed by atoms with Crippen LogP contribution in [-0.2, 0) is 13.6 Å². The summed E-state index contributed by atoms with van der Waals surface area (Å²) in [5.41, 5.74) is 5.22. The summed E-state index contributed by atoms with van der Waals surface area (Å²) in [6.45, 7) is 5.46. The molecule has 0 saturated carbocycles. The molecule has 1 aromatic carbocycles. The van der Waals surface area contributed by atoms with Crippen molar-refractivity contribution in [2.45, 2.75) is 26.3 Å². The van der Waals surface area contributed by atoms with E-state index < -0.39 is 0 Å². The van der Waals surface area contributed by atoms with Crippen LogP contribution in [0.25, 0.3) is 0 Å². The van der Waals surface area contributed by atoms with E-state index in [1.54, 1.807) is 0 Å². The number of nitrogens with one attached hydrogen (secondary N) is 1. The standard InChI is InChI=1S/C17H23N3/c1-14-12-15(20-10-3-4-11-20)7-8-17(14)18-13-16-6-5-9-19(16)2/h5-9,12,18H,3-4,10-11,13H2,1-2H3. The van der Waals surface area contributed by atoms with Gasteiger partial charge in [0.05, 0.1) is 6.54 Å². The SMILES string of the molecule is Cc1cc(N2CCCC2)ccc1NCc1cccn1C. The van der Waals surface area contributed by atoms with Crippen LogP contribution in [0.1, 0.15) is 24.1 Å². The number of nitrogens with zero attached hydrogens (tertiary/aromatic N) is 2. The molecule has 3 rings (SSSR count). The highest BCUT2D eigenvalue weighted by Gasteiger charge is 2.12. The van der Waals surface area contributed by atoms with E-state index in [1.165, 1.54) is 48.6 Å². The minimum absolute atomic E-state index is 0.868. The summed E-state index contributed by atoms with van der Waals surface area (Å²) in [7, 11) is 2.08. The molecule has 3 heteroatoms. The van der Waals surface area contributed by atoms with E-state index in [4.69, 9.17) is 0 Å². The highest BCUT2D eigenvalue weighted by atomic mass is 15.1. The van der Waals surface area contributed by atoms with E-state index in [-0.39, 0.29) is 0 Å². The van der Waals surface area contributed by atoms with Crippen LogP contribution in [-0.4, -0.2) is 17.7 Å². The first-order valence-corrected chi connectivity index (χ1v) is 7.44. The first kappa shape index (κ1) is 13.1. The molecule has 3 nitrogen and oxygen atoms in total. The van der Waals surface area contributed by atoms with Gasteiger partial charge >= 0.3 is 0 Å².